The average molecular weight is 200 g/mol. The van der Waals surface area contributed by atoms with Crippen LogP contribution in [0.1, 0.15) is 24.5 Å². The standard InChI is InChI=1S/C10H10F2O2/c11-6-3-4-7(12)10-9(6)8(13)2-1-5-14-10/h3-4,8,13H,1-2,5H2/t8-/m0/s1. The maximum Gasteiger partial charge on any atom is 0.165 e. The van der Waals surface area contributed by atoms with Gasteiger partial charge in [0.15, 0.2) is 11.6 Å². The molecule has 0 saturated heterocycles. The first-order valence-electron chi connectivity index (χ1n) is 4.49. The maximum absolute atomic E-state index is 13.3. The zero-order valence-electron chi connectivity index (χ0n) is 7.46. The summed E-state index contributed by atoms with van der Waals surface area (Å²) in [5.74, 6) is -1.38. The third kappa shape index (κ3) is 1.46. The van der Waals surface area contributed by atoms with Crippen LogP contribution < -0.4 is 4.74 Å². The lowest BCUT2D eigenvalue weighted by Gasteiger charge is -2.12. The summed E-state index contributed by atoms with van der Waals surface area (Å²) in [6.45, 7) is 0.310. The number of halogens is 2. The fourth-order valence-corrected chi connectivity index (χ4v) is 1.60. The Balaban J connectivity index is 2.57. The molecule has 0 saturated carbocycles. The van der Waals surface area contributed by atoms with Crippen LogP contribution in [0.5, 0.6) is 5.75 Å². The monoisotopic (exact) mass is 200 g/mol. The quantitative estimate of drug-likeness (QED) is 0.695. The van der Waals surface area contributed by atoms with Crippen molar-refractivity contribution in [3.63, 3.8) is 0 Å². The lowest BCUT2D eigenvalue weighted by atomic mass is 10.0. The van der Waals surface area contributed by atoms with Crippen molar-refractivity contribution in [3.05, 3.63) is 29.3 Å². The summed E-state index contributed by atoms with van der Waals surface area (Å²) in [4.78, 5) is 0. The summed E-state index contributed by atoms with van der Waals surface area (Å²) in [7, 11) is 0. The number of aliphatic hydroxyl groups excluding tert-OH is 1. The minimum atomic E-state index is -0.969. The van der Waals surface area contributed by atoms with E-state index in [0.717, 1.165) is 12.1 Å². The number of fused-ring (bicyclic) bond motifs is 1. The van der Waals surface area contributed by atoms with Crippen molar-refractivity contribution in [2.75, 3.05) is 6.61 Å². The molecular formula is C10H10F2O2. The van der Waals surface area contributed by atoms with E-state index >= 15 is 0 Å². The fourth-order valence-electron chi connectivity index (χ4n) is 1.60. The largest absolute Gasteiger partial charge is 0.490 e. The molecule has 1 N–H and O–H groups in total. The molecule has 0 spiro atoms. The Bertz CT molecular complexity index is 352. The van der Waals surface area contributed by atoms with Crippen LogP contribution in [-0.4, -0.2) is 11.7 Å². The van der Waals surface area contributed by atoms with Gasteiger partial charge in [0.25, 0.3) is 0 Å². The first-order chi connectivity index (χ1) is 6.70. The molecule has 14 heavy (non-hydrogen) atoms. The SMILES string of the molecule is O[C@H]1CCCOc2c(F)ccc(F)c21. The van der Waals surface area contributed by atoms with Crippen LogP contribution in [0.3, 0.4) is 0 Å². The highest BCUT2D eigenvalue weighted by Crippen LogP contribution is 2.35. The zero-order valence-corrected chi connectivity index (χ0v) is 7.46. The van der Waals surface area contributed by atoms with Crippen LogP contribution in [0.25, 0.3) is 0 Å². The summed E-state index contributed by atoms with van der Waals surface area (Å²) in [6.07, 6.45) is 0.0189. The van der Waals surface area contributed by atoms with Gasteiger partial charge in [-0.25, -0.2) is 8.78 Å². The Hall–Kier alpha value is -1.16. The van der Waals surface area contributed by atoms with E-state index in [1.807, 2.05) is 0 Å². The molecule has 1 atom stereocenters. The van der Waals surface area contributed by atoms with Gasteiger partial charge in [0.2, 0.25) is 0 Å². The normalized spacial score (nSPS) is 20.9. The van der Waals surface area contributed by atoms with Crippen LogP contribution in [0.15, 0.2) is 12.1 Å². The van der Waals surface area contributed by atoms with E-state index in [1.165, 1.54) is 0 Å². The first-order valence-corrected chi connectivity index (χ1v) is 4.49. The number of hydrogen-bond donors (Lipinski definition) is 1. The minimum Gasteiger partial charge on any atom is -0.490 e. The molecule has 0 aliphatic carbocycles. The Labute approximate surface area is 80.1 Å². The summed E-state index contributed by atoms with van der Waals surface area (Å²) >= 11 is 0. The van der Waals surface area contributed by atoms with Crippen LogP contribution in [0.2, 0.25) is 0 Å². The molecule has 1 aliphatic rings. The lowest BCUT2D eigenvalue weighted by Crippen LogP contribution is -2.02. The molecule has 4 heteroatoms. The van der Waals surface area contributed by atoms with Crippen molar-refractivity contribution in [2.45, 2.75) is 18.9 Å². The third-order valence-electron chi connectivity index (χ3n) is 2.30. The molecular weight excluding hydrogens is 190 g/mol. The molecule has 1 aromatic carbocycles. The van der Waals surface area contributed by atoms with E-state index in [0.29, 0.717) is 19.4 Å². The second-order valence-electron chi connectivity index (χ2n) is 3.28. The van der Waals surface area contributed by atoms with E-state index < -0.39 is 17.7 Å². The van der Waals surface area contributed by atoms with Gasteiger partial charge in [-0.1, -0.05) is 0 Å². The Morgan fingerprint density at radius 1 is 1.29 bits per heavy atom. The molecule has 2 rings (SSSR count). The van der Waals surface area contributed by atoms with E-state index in [1.54, 1.807) is 0 Å². The second-order valence-corrected chi connectivity index (χ2v) is 3.28. The van der Waals surface area contributed by atoms with Gasteiger partial charge in [-0.05, 0) is 25.0 Å². The Kier molecular flexibility index (Phi) is 2.37. The molecule has 76 valence electrons. The molecule has 0 fully saturated rings. The van der Waals surface area contributed by atoms with Crippen molar-refractivity contribution in [3.8, 4) is 5.75 Å². The molecule has 0 radical (unpaired) electrons. The molecule has 0 aromatic heterocycles. The van der Waals surface area contributed by atoms with E-state index in [2.05, 4.69) is 0 Å². The van der Waals surface area contributed by atoms with Gasteiger partial charge in [-0.3, -0.25) is 0 Å². The number of rotatable bonds is 0. The Morgan fingerprint density at radius 2 is 2.00 bits per heavy atom. The predicted molar refractivity (Wildman–Crippen MR) is 46.0 cm³/mol. The minimum absolute atomic E-state index is 0.0532. The van der Waals surface area contributed by atoms with Gasteiger partial charge in [0.05, 0.1) is 18.3 Å². The van der Waals surface area contributed by atoms with Gasteiger partial charge in [-0.15, -0.1) is 0 Å². The predicted octanol–water partition coefficient (Wildman–Crippen LogP) is 2.17. The van der Waals surface area contributed by atoms with E-state index in [-0.39, 0.29) is 11.3 Å². The number of benzene rings is 1. The van der Waals surface area contributed by atoms with Gasteiger partial charge in [0, 0.05) is 0 Å². The maximum atomic E-state index is 13.3. The highest BCUT2D eigenvalue weighted by Gasteiger charge is 2.24. The van der Waals surface area contributed by atoms with E-state index in [4.69, 9.17) is 4.74 Å². The van der Waals surface area contributed by atoms with Gasteiger partial charge < -0.3 is 9.84 Å². The zero-order chi connectivity index (χ0) is 10.1. The lowest BCUT2D eigenvalue weighted by molar-refractivity contribution is 0.163. The van der Waals surface area contributed by atoms with Crippen molar-refractivity contribution in [2.24, 2.45) is 0 Å². The molecule has 1 aromatic rings. The first kappa shape index (κ1) is 9.40. The number of ether oxygens (including phenoxy) is 1. The highest BCUT2D eigenvalue weighted by molar-refractivity contribution is 5.38. The smallest absolute Gasteiger partial charge is 0.165 e. The molecule has 0 unspecified atom stereocenters. The topological polar surface area (TPSA) is 29.5 Å². The van der Waals surface area contributed by atoms with Crippen molar-refractivity contribution in [1.29, 1.82) is 0 Å². The van der Waals surface area contributed by atoms with Gasteiger partial charge in [-0.2, -0.15) is 0 Å². The Morgan fingerprint density at radius 3 is 2.79 bits per heavy atom. The molecule has 2 nitrogen and oxygen atoms in total. The fraction of sp³-hybridized carbons (Fsp3) is 0.400. The van der Waals surface area contributed by atoms with Crippen LogP contribution in [0, 0.1) is 11.6 Å². The van der Waals surface area contributed by atoms with Gasteiger partial charge in [0.1, 0.15) is 5.82 Å². The average Bonchev–Trinajstić information content (AvgIpc) is 2.35. The van der Waals surface area contributed by atoms with Crippen molar-refractivity contribution < 1.29 is 18.6 Å². The third-order valence-corrected chi connectivity index (χ3v) is 2.30. The summed E-state index contributed by atoms with van der Waals surface area (Å²) in [5, 5.41) is 9.56. The van der Waals surface area contributed by atoms with Crippen molar-refractivity contribution >= 4 is 0 Å². The summed E-state index contributed by atoms with van der Waals surface area (Å²) in [6, 6.07) is 2.01. The summed E-state index contributed by atoms with van der Waals surface area (Å²) in [5.41, 5.74) is -0.0532. The molecule has 1 aliphatic heterocycles. The summed E-state index contributed by atoms with van der Waals surface area (Å²) < 4.78 is 31.5. The van der Waals surface area contributed by atoms with Crippen molar-refractivity contribution in [1.82, 2.24) is 0 Å². The molecule has 1 heterocycles. The second kappa shape index (κ2) is 3.53. The van der Waals surface area contributed by atoms with E-state index in [9.17, 15) is 13.9 Å². The molecule has 0 bridgehead atoms. The van der Waals surface area contributed by atoms with Gasteiger partial charge >= 0.3 is 0 Å². The molecule has 0 amide bonds. The van der Waals surface area contributed by atoms with Crippen LogP contribution in [0.4, 0.5) is 8.78 Å². The highest BCUT2D eigenvalue weighted by atomic mass is 19.1. The number of hydrogen-bond acceptors (Lipinski definition) is 2. The van der Waals surface area contributed by atoms with Crippen LogP contribution in [-0.2, 0) is 0 Å². The van der Waals surface area contributed by atoms with Crippen LogP contribution >= 0.6 is 0 Å². The number of aliphatic hydroxyl groups is 1.